The first-order valence-electron chi connectivity index (χ1n) is 6.25. The van der Waals surface area contributed by atoms with Gasteiger partial charge in [0, 0.05) is 31.7 Å². The van der Waals surface area contributed by atoms with Crippen LogP contribution in [0, 0.1) is 0 Å². The summed E-state index contributed by atoms with van der Waals surface area (Å²) in [5.74, 6) is -0.532. The number of aryl methyl sites for hydroxylation is 1. The first-order chi connectivity index (χ1) is 9.66. The van der Waals surface area contributed by atoms with Crippen molar-refractivity contribution in [3.63, 3.8) is 0 Å². The van der Waals surface area contributed by atoms with Gasteiger partial charge in [-0.15, -0.1) is 0 Å². The Morgan fingerprint density at radius 3 is 3.00 bits per heavy atom. The van der Waals surface area contributed by atoms with Gasteiger partial charge in [0.15, 0.2) is 0 Å². The van der Waals surface area contributed by atoms with Crippen LogP contribution in [0.25, 0.3) is 0 Å². The SMILES string of the molecule is O=C(O)c1cc(NCCCCn2ccnc2)ncc1Cl. The largest absolute Gasteiger partial charge is 0.478 e. The summed E-state index contributed by atoms with van der Waals surface area (Å²) >= 11 is 5.75. The normalized spacial score (nSPS) is 10.4. The molecule has 0 aliphatic rings. The number of halogens is 1. The lowest BCUT2D eigenvalue weighted by atomic mass is 10.2. The summed E-state index contributed by atoms with van der Waals surface area (Å²) in [5, 5.41) is 12.2. The third kappa shape index (κ3) is 3.96. The van der Waals surface area contributed by atoms with Crippen molar-refractivity contribution in [2.75, 3.05) is 11.9 Å². The summed E-state index contributed by atoms with van der Waals surface area (Å²) < 4.78 is 2.02. The van der Waals surface area contributed by atoms with Gasteiger partial charge in [-0.05, 0) is 18.9 Å². The van der Waals surface area contributed by atoms with Gasteiger partial charge in [0.05, 0.1) is 16.9 Å². The fraction of sp³-hybridized carbons (Fsp3) is 0.308. The van der Waals surface area contributed by atoms with E-state index in [0.717, 1.165) is 25.9 Å². The number of unbranched alkanes of at least 4 members (excludes halogenated alkanes) is 1. The third-order valence-electron chi connectivity index (χ3n) is 2.79. The Morgan fingerprint density at radius 1 is 1.45 bits per heavy atom. The predicted molar refractivity (Wildman–Crippen MR) is 76.2 cm³/mol. The van der Waals surface area contributed by atoms with Gasteiger partial charge in [-0.25, -0.2) is 14.8 Å². The summed E-state index contributed by atoms with van der Waals surface area (Å²) in [6.45, 7) is 1.64. The fourth-order valence-electron chi connectivity index (χ4n) is 1.75. The third-order valence-corrected chi connectivity index (χ3v) is 3.10. The van der Waals surface area contributed by atoms with Gasteiger partial charge >= 0.3 is 5.97 Å². The molecule has 2 rings (SSSR count). The topological polar surface area (TPSA) is 80.0 Å². The van der Waals surface area contributed by atoms with E-state index < -0.39 is 5.97 Å². The molecule has 0 spiro atoms. The molecule has 0 aromatic carbocycles. The summed E-state index contributed by atoms with van der Waals surface area (Å²) in [7, 11) is 0. The molecule has 6 nitrogen and oxygen atoms in total. The number of anilines is 1. The van der Waals surface area contributed by atoms with Crippen molar-refractivity contribution < 1.29 is 9.90 Å². The van der Waals surface area contributed by atoms with Gasteiger partial charge in [0.2, 0.25) is 0 Å². The number of aromatic nitrogens is 3. The molecule has 2 aromatic rings. The van der Waals surface area contributed by atoms with Gasteiger partial charge < -0.3 is 15.0 Å². The molecule has 0 saturated heterocycles. The average molecular weight is 295 g/mol. The smallest absolute Gasteiger partial charge is 0.337 e. The number of rotatable bonds is 7. The summed E-state index contributed by atoms with van der Waals surface area (Å²) in [6, 6.07) is 1.44. The van der Waals surface area contributed by atoms with E-state index in [0.29, 0.717) is 5.82 Å². The highest BCUT2D eigenvalue weighted by molar-refractivity contribution is 6.33. The Kier molecular flexibility index (Phi) is 4.95. The molecule has 0 saturated carbocycles. The maximum Gasteiger partial charge on any atom is 0.337 e. The number of imidazole rings is 1. The summed E-state index contributed by atoms with van der Waals surface area (Å²) in [4.78, 5) is 19.0. The van der Waals surface area contributed by atoms with E-state index >= 15 is 0 Å². The quantitative estimate of drug-likeness (QED) is 0.767. The molecule has 0 radical (unpaired) electrons. The molecule has 2 heterocycles. The molecule has 0 fully saturated rings. The fourth-order valence-corrected chi connectivity index (χ4v) is 1.94. The predicted octanol–water partition coefficient (Wildman–Crippen LogP) is 2.52. The Morgan fingerprint density at radius 2 is 2.30 bits per heavy atom. The average Bonchev–Trinajstić information content (AvgIpc) is 2.93. The Hall–Kier alpha value is -2.08. The van der Waals surface area contributed by atoms with Crippen LogP contribution in [0.3, 0.4) is 0 Å². The van der Waals surface area contributed by atoms with E-state index in [1.165, 1.54) is 12.3 Å². The minimum Gasteiger partial charge on any atom is -0.478 e. The van der Waals surface area contributed by atoms with Gasteiger partial charge in [-0.2, -0.15) is 0 Å². The van der Waals surface area contributed by atoms with Gasteiger partial charge in [-0.1, -0.05) is 11.6 Å². The van der Waals surface area contributed by atoms with E-state index in [1.54, 1.807) is 12.5 Å². The first-order valence-corrected chi connectivity index (χ1v) is 6.63. The standard InChI is InChI=1S/C13H15ClN4O2/c14-11-8-17-12(7-10(11)13(19)20)16-3-1-2-5-18-6-4-15-9-18/h4,6-9H,1-3,5H2,(H,16,17)(H,19,20). The van der Waals surface area contributed by atoms with E-state index in [4.69, 9.17) is 16.7 Å². The number of aromatic carboxylic acids is 1. The lowest BCUT2D eigenvalue weighted by Gasteiger charge is -2.07. The lowest BCUT2D eigenvalue weighted by molar-refractivity contribution is 0.0697. The van der Waals surface area contributed by atoms with E-state index in [9.17, 15) is 4.79 Å². The van der Waals surface area contributed by atoms with Crippen molar-refractivity contribution in [1.82, 2.24) is 14.5 Å². The van der Waals surface area contributed by atoms with Crippen molar-refractivity contribution in [2.24, 2.45) is 0 Å². The summed E-state index contributed by atoms with van der Waals surface area (Å²) in [5.41, 5.74) is 0.0579. The van der Waals surface area contributed by atoms with Crippen LogP contribution in [0.5, 0.6) is 0 Å². The molecule has 0 aliphatic heterocycles. The van der Waals surface area contributed by atoms with Crippen LogP contribution in [0.1, 0.15) is 23.2 Å². The van der Waals surface area contributed by atoms with Crippen LogP contribution in [-0.2, 0) is 6.54 Å². The van der Waals surface area contributed by atoms with Crippen LogP contribution < -0.4 is 5.32 Å². The molecule has 2 N–H and O–H groups in total. The van der Waals surface area contributed by atoms with Crippen LogP contribution in [-0.4, -0.2) is 32.2 Å². The second kappa shape index (κ2) is 6.91. The maximum absolute atomic E-state index is 10.9. The molecule has 2 aromatic heterocycles. The number of carbonyl (C=O) groups is 1. The minimum absolute atomic E-state index is 0.0579. The Bertz CT molecular complexity index is 572. The second-order valence-electron chi connectivity index (χ2n) is 4.29. The molecular formula is C13H15ClN4O2. The van der Waals surface area contributed by atoms with Gasteiger partial charge in [0.25, 0.3) is 0 Å². The molecule has 7 heteroatoms. The van der Waals surface area contributed by atoms with E-state index in [1.807, 2.05) is 10.8 Å². The minimum atomic E-state index is -1.06. The zero-order chi connectivity index (χ0) is 14.4. The van der Waals surface area contributed by atoms with E-state index in [2.05, 4.69) is 15.3 Å². The van der Waals surface area contributed by atoms with Crippen molar-refractivity contribution in [2.45, 2.75) is 19.4 Å². The highest BCUT2D eigenvalue weighted by Gasteiger charge is 2.09. The second-order valence-corrected chi connectivity index (χ2v) is 4.70. The number of pyridine rings is 1. The monoisotopic (exact) mass is 294 g/mol. The molecule has 0 atom stereocenters. The number of carboxylic acids is 1. The summed E-state index contributed by atoms with van der Waals surface area (Å²) in [6.07, 6.45) is 8.76. The van der Waals surface area contributed by atoms with Crippen LogP contribution >= 0.6 is 11.6 Å². The molecule has 0 unspecified atom stereocenters. The van der Waals surface area contributed by atoms with Crippen LogP contribution in [0.15, 0.2) is 31.0 Å². The maximum atomic E-state index is 10.9. The van der Waals surface area contributed by atoms with Gasteiger partial charge in [-0.3, -0.25) is 0 Å². The zero-order valence-electron chi connectivity index (χ0n) is 10.8. The first kappa shape index (κ1) is 14.3. The number of hydrogen-bond acceptors (Lipinski definition) is 4. The van der Waals surface area contributed by atoms with Crippen molar-refractivity contribution in [3.05, 3.63) is 41.6 Å². The van der Waals surface area contributed by atoms with Gasteiger partial charge in [0.1, 0.15) is 5.82 Å². The number of carboxylic acid groups (broad SMARTS) is 1. The Balaban J connectivity index is 1.76. The number of hydrogen-bond donors (Lipinski definition) is 2. The zero-order valence-corrected chi connectivity index (χ0v) is 11.5. The molecular weight excluding hydrogens is 280 g/mol. The van der Waals surface area contributed by atoms with Crippen molar-refractivity contribution in [1.29, 1.82) is 0 Å². The molecule has 20 heavy (non-hydrogen) atoms. The van der Waals surface area contributed by atoms with Crippen molar-refractivity contribution in [3.8, 4) is 0 Å². The highest BCUT2D eigenvalue weighted by Crippen LogP contribution is 2.17. The van der Waals surface area contributed by atoms with Crippen LogP contribution in [0.2, 0.25) is 5.02 Å². The highest BCUT2D eigenvalue weighted by atomic mass is 35.5. The molecule has 0 bridgehead atoms. The lowest BCUT2D eigenvalue weighted by Crippen LogP contribution is -2.07. The molecule has 0 amide bonds. The Labute approximate surface area is 121 Å². The van der Waals surface area contributed by atoms with Crippen LogP contribution in [0.4, 0.5) is 5.82 Å². The number of nitrogens with zero attached hydrogens (tertiary/aromatic N) is 3. The molecule has 106 valence electrons. The van der Waals surface area contributed by atoms with E-state index in [-0.39, 0.29) is 10.6 Å². The number of nitrogens with one attached hydrogen (secondary N) is 1. The molecule has 0 aliphatic carbocycles. The van der Waals surface area contributed by atoms with Crippen molar-refractivity contribution >= 4 is 23.4 Å².